The number of ether oxygens (including phenoxy) is 1. The average molecular weight is 411 g/mol. The third-order valence-corrected chi connectivity index (χ3v) is 4.79. The van der Waals surface area contributed by atoms with Crippen LogP contribution in [0.3, 0.4) is 0 Å². The molecule has 0 bridgehead atoms. The van der Waals surface area contributed by atoms with Crippen molar-refractivity contribution in [3.8, 4) is 5.69 Å². The summed E-state index contributed by atoms with van der Waals surface area (Å²) in [6.07, 6.45) is 5.52. The van der Waals surface area contributed by atoms with Gasteiger partial charge in [0, 0.05) is 46.2 Å². The molecular weight excluding hydrogens is 380 g/mol. The number of nitrogens with zero attached hydrogens (tertiary/aromatic N) is 6. The largest absolute Gasteiger partial charge is 0.385 e. The zero-order valence-corrected chi connectivity index (χ0v) is 17.9. The molecule has 9 nitrogen and oxygen atoms in total. The van der Waals surface area contributed by atoms with E-state index in [1.165, 1.54) is 5.56 Å². The first kappa shape index (κ1) is 21.5. The number of aryl methyl sites for hydroxylation is 1. The maximum atomic E-state index is 5.12. The topological polar surface area (TPSA) is 94.2 Å². The van der Waals surface area contributed by atoms with Gasteiger partial charge in [0.25, 0.3) is 0 Å². The SMILES string of the molecule is COCCCNC(=NCc1nnc(C)n1C)NCCc1ccc(-n2cccn2)cc1. The van der Waals surface area contributed by atoms with E-state index in [1.54, 1.807) is 13.3 Å². The second kappa shape index (κ2) is 11.1. The molecule has 2 N–H and O–H groups in total. The van der Waals surface area contributed by atoms with Gasteiger partial charge < -0.3 is 19.9 Å². The summed E-state index contributed by atoms with van der Waals surface area (Å²) in [5.74, 6) is 2.47. The fourth-order valence-electron chi connectivity index (χ4n) is 2.90. The van der Waals surface area contributed by atoms with Crippen molar-refractivity contribution in [3.63, 3.8) is 0 Å². The summed E-state index contributed by atoms with van der Waals surface area (Å²) < 4.78 is 8.92. The molecule has 0 aliphatic heterocycles. The summed E-state index contributed by atoms with van der Waals surface area (Å²) in [6, 6.07) is 10.3. The maximum Gasteiger partial charge on any atom is 0.191 e. The van der Waals surface area contributed by atoms with Crippen LogP contribution in [0.4, 0.5) is 0 Å². The van der Waals surface area contributed by atoms with Gasteiger partial charge in [0.1, 0.15) is 12.4 Å². The van der Waals surface area contributed by atoms with Crippen molar-refractivity contribution in [2.45, 2.75) is 26.3 Å². The quantitative estimate of drug-likeness (QED) is 0.300. The van der Waals surface area contributed by atoms with Crippen molar-refractivity contribution in [2.75, 3.05) is 26.8 Å². The van der Waals surface area contributed by atoms with Crippen LogP contribution < -0.4 is 10.6 Å². The summed E-state index contributed by atoms with van der Waals surface area (Å²) in [6.45, 7) is 4.67. The standard InChI is InChI=1S/C21H30N8O/c1-17-26-27-20(28(17)2)16-24-21(22-11-5-15-30-3)23-13-10-18-6-8-19(9-7-18)29-14-4-12-25-29/h4,6-9,12,14H,5,10-11,13,15-16H2,1-3H3,(H2,22,23,24). The molecule has 0 unspecified atom stereocenters. The Kier molecular flexibility index (Phi) is 7.96. The number of benzene rings is 1. The van der Waals surface area contributed by atoms with Gasteiger partial charge in [-0.2, -0.15) is 5.10 Å². The summed E-state index contributed by atoms with van der Waals surface area (Å²) in [5.41, 5.74) is 2.30. The lowest BCUT2D eigenvalue weighted by atomic mass is 10.1. The molecule has 0 fully saturated rings. The molecule has 0 saturated carbocycles. The second-order valence-corrected chi connectivity index (χ2v) is 6.95. The molecule has 9 heteroatoms. The van der Waals surface area contributed by atoms with E-state index in [9.17, 15) is 0 Å². The fraction of sp³-hybridized carbons (Fsp3) is 0.429. The van der Waals surface area contributed by atoms with Crippen LogP contribution in [0.5, 0.6) is 0 Å². The summed E-state index contributed by atoms with van der Waals surface area (Å²) in [5, 5.41) is 19.3. The molecule has 0 radical (unpaired) electrons. The molecule has 0 aliphatic carbocycles. The Morgan fingerprint density at radius 1 is 1.13 bits per heavy atom. The molecule has 0 spiro atoms. The molecular formula is C21H30N8O. The van der Waals surface area contributed by atoms with Gasteiger partial charge in [-0.3, -0.25) is 0 Å². The lowest BCUT2D eigenvalue weighted by molar-refractivity contribution is 0.195. The lowest BCUT2D eigenvalue weighted by Gasteiger charge is -2.13. The van der Waals surface area contributed by atoms with E-state index in [1.807, 2.05) is 35.5 Å². The minimum Gasteiger partial charge on any atom is -0.385 e. The van der Waals surface area contributed by atoms with E-state index >= 15 is 0 Å². The van der Waals surface area contributed by atoms with Gasteiger partial charge in [0.15, 0.2) is 11.8 Å². The predicted molar refractivity (Wildman–Crippen MR) is 117 cm³/mol. The Hall–Kier alpha value is -3.20. The highest BCUT2D eigenvalue weighted by atomic mass is 16.5. The Bertz CT molecular complexity index is 915. The minimum absolute atomic E-state index is 0.468. The normalized spacial score (nSPS) is 11.6. The molecule has 0 saturated heterocycles. The lowest BCUT2D eigenvalue weighted by Crippen LogP contribution is -2.39. The van der Waals surface area contributed by atoms with Gasteiger partial charge in [0.2, 0.25) is 0 Å². The first-order chi connectivity index (χ1) is 14.7. The van der Waals surface area contributed by atoms with Gasteiger partial charge in [-0.05, 0) is 43.5 Å². The minimum atomic E-state index is 0.468. The van der Waals surface area contributed by atoms with Crippen molar-refractivity contribution >= 4 is 5.96 Å². The van der Waals surface area contributed by atoms with Gasteiger partial charge in [0.05, 0.1) is 5.69 Å². The fourth-order valence-corrected chi connectivity index (χ4v) is 2.90. The van der Waals surface area contributed by atoms with Gasteiger partial charge in [-0.1, -0.05) is 12.1 Å². The summed E-state index contributed by atoms with van der Waals surface area (Å²) >= 11 is 0. The van der Waals surface area contributed by atoms with Crippen LogP contribution in [-0.2, 0) is 24.8 Å². The van der Waals surface area contributed by atoms with E-state index in [0.717, 1.165) is 49.2 Å². The van der Waals surface area contributed by atoms with Gasteiger partial charge in [-0.15, -0.1) is 10.2 Å². The molecule has 0 amide bonds. The van der Waals surface area contributed by atoms with E-state index in [-0.39, 0.29) is 0 Å². The molecule has 3 rings (SSSR count). The second-order valence-electron chi connectivity index (χ2n) is 6.95. The van der Waals surface area contributed by atoms with Crippen LogP contribution >= 0.6 is 0 Å². The first-order valence-electron chi connectivity index (χ1n) is 10.1. The molecule has 2 aromatic heterocycles. The Morgan fingerprint density at radius 2 is 1.93 bits per heavy atom. The predicted octanol–water partition coefficient (Wildman–Crippen LogP) is 1.62. The number of aromatic nitrogens is 5. The van der Waals surface area contributed by atoms with E-state index in [2.05, 4.69) is 55.2 Å². The third-order valence-electron chi connectivity index (χ3n) is 4.79. The van der Waals surface area contributed by atoms with Crippen LogP contribution in [0.25, 0.3) is 5.69 Å². The smallest absolute Gasteiger partial charge is 0.191 e. The van der Waals surface area contributed by atoms with Crippen molar-refractivity contribution in [1.29, 1.82) is 0 Å². The number of guanidine groups is 1. The zero-order chi connectivity index (χ0) is 21.2. The van der Waals surface area contributed by atoms with Gasteiger partial charge in [-0.25, -0.2) is 9.67 Å². The van der Waals surface area contributed by atoms with Crippen molar-refractivity contribution in [3.05, 3.63) is 59.9 Å². The summed E-state index contributed by atoms with van der Waals surface area (Å²) in [7, 11) is 3.66. The van der Waals surface area contributed by atoms with Crippen LogP contribution in [0.15, 0.2) is 47.7 Å². The highest BCUT2D eigenvalue weighted by Gasteiger charge is 2.05. The van der Waals surface area contributed by atoms with Gasteiger partial charge >= 0.3 is 0 Å². The molecule has 0 aliphatic rings. The Balaban J connectivity index is 1.54. The molecule has 3 aromatic rings. The van der Waals surface area contributed by atoms with Crippen LogP contribution in [0.2, 0.25) is 0 Å². The average Bonchev–Trinajstić information content (AvgIpc) is 3.41. The van der Waals surface area contributed by atoms with Crippen LogP contribution in [0, 0.1) is 6.92 Å². The molecule has 160 valence electrons. The van der Waals surface area contributed by atoms with E-state index < -0.39 is 0 Å². The number of rotatable bonds is 10. The zero-order valence-electron chi connectivity index (χ0n) is 17.9. The van der Waals surface area contributed by atoms with E-state index in [0.29, 0.717) is 13.2 Å². The van der Waals surface area contributed by atoms with Crippen molar-refractivity contribution in [1.82, 2.24) is 35.2 Å². The number of hydrogen-bond acceptors (Lipinski definition) is 5. The highest BCUT2D eigenvalue weighted by Crippen LogP contribution is 2.08. The first-order valence-corrected chi connectivity index (χ1v) is 10.1. The molecule has 2 heterocycles. The number of methoxy groups -OCH3 is 1. The van der Waals surface area contributed by atoms with E-state index in [4.69, 9.17) is 4.74 Å². The van der Waals surface area contributed by atoms with Crippen LogP contribution in [0.1, 0.15) is 23.6 Å². The number of hydrogen-bond donors (Lipinski definition) is 2. The van der Waals surface area contributed by atoms with Crippen molar-refractivity contribution in [2.24, 2.45) is 12.0 Å². The number of aliphatic imine (C=N–C) groups is 1. The number of nitrogens with one attached hydrogen (secondary N) is 2. The molecule has 30 heavy (non-hydrogen) atoms. The highest BCUT2D eigenvalue weighted by molar-refractivity contribution is 5.79. The maximum absolute atomic E-state index is 5.12. The summed E-state index contributed by atoms with van der Waals surface area (Å²) in [4.78, 5) is 4.66. The Labute approximate surface area is 177 Å². The van der Waals surface area contributed by atoms with Crippen LogP contribution in [-0.4, -0.2) is 57.3 Å². The monoisotopic (exact) mass is 410 g/mol. The Morgan fingerprint density at radius 3 is 2.60 bits per heavy atom. The molecule has 1 aromatic carbocycles. The molecule has 0 atom stereocenters. The third kappa shape index (κ3) is 6.15. The van der Waals surface area contributed by atoms with Crippen molar-refractivity contribution < 1.29 is 4.74 Å².